The second-order valence-electron chi connectivity index (χ2n) is 3.33. The van der Waals surface area contributed by atoms with E-state index >= 15 is 0 Å². The molecule has 1 aromatic heterocycles. The van der Waals surface area contributed by atoms with Crippen molar-refractivity contribution in [1.82, 2.24) is 5.32 Å². The van der Waals surface area contributed by atoms with Gasteiger partial charge in [0.25, 0.3) is 5.91 Å². The third kappa shape index (κ3) is 4.69. The van der Waals surface area contributed by atoms with Gasteiger partial charge in [-0.2, -0.15) is 13.2 Å². The predicted octanol–water partition coefficient (Wildman–Crippen LogP) is 3.42. The third-order valence-electron chi connectivity index (χ3n) is 1.74. The molecule has 0 fully saturated rings. The van der Waals surface area contributed by atoms with Gasteiger partial charge in [0, 0.05) is 11.4 Å². The lowest BCUT2D eigenvalue weighted by molar-refractivity contribution is -0.138. The molecule has 16 heavy (non-hydrogen) atoms. The molecule has 2 nitrogen and oxygen atoms in total. The summed E-state index contributed by atoms with van der Waals surface area (Å²) in [5.74, 6) is -0.462. The average Bonchev–Trinajstić information content (AvgIpc) is 2.47. The lowest BCUT2D eigenvalue weighted by atomic mass is 10.2. The zero-order valence-electron chi connectivity index (χ0n) is 8.27. The van der Waals surface area contributed by atoms with E-state index in [9.17, 15) is 18.0 Å². The maximum Gasteiger partial charge on any atom is 0.391 e. The quantitative estimate of drug-likeness (QED) is 0.820. The molecule has 0 saturated carbocycles. The van der Waals surface area contributed by atoms with Crippen molar-refractivity contribution < 1.29 is 18.0 Å². The Labute approximate surface area is 108 Å². The fourth-order valence-electron chi connectivity index (χ4n) is 1.13. The Hall–Kier alpha value is -0.310. The van der Waals surface area contributed by atoms with E-state index in [-0.39, 0.29) is 0 Å². The van der Waals surface area contributed by atoms with Gasteiger partial charge in [-0.25, -0.2) is 0 Å². The molecule has 1 unspecified atom stereocenters. The van der Waals surface area contributed by atoms with Gasteiger partial charge in [-0.3, -0.25) is 4.79 Å². The van der Waals surface area contributed by atoms with Crippen LogP contribution >= 0.6 is 33.9 Å². The standard InChI is InChI=1S/C9H9F3INOS/c1-5(3-9(10,11)12)14-8(15)6-2-7(13)16-4-6/h2,4-5H,3H2,1H3,(H,14,15). The van der Waals surface area contributed by atoms with Gasteiger partial charge >= 0.3 is 6.18 Å². The number of carbonyl (C=O) groups excluding carboxylic acids is 1. The summed E-state index contributed by atoms with van der Waals surface area (Å²) in [5, 5.41) is 3.93. The van der Waals surface area contributed by atoms with Gasteiger partial charge in [-0.1, -0.05) is 0 Å². The normalized spacial score (nSPS) is 13.6. The third-order valence-corrected chi connectivity index (χ3v) is 3.53. The minimum absolute atomic E-state index is 0.406. The molecule has 0 radical (unpaired) electrons. The first-order chi connectivity index (χ1) is 7.28. The van der Waals surface area contributed by atoms with E-state index in [1.165, 1.54) is 18.3 Å². The molecule has 1 atom stereocenters. The summed E-state index contributed by atoms with van der Waals surface area (Å²) in [4.78, 5) is 11.5. The maximum atomic E-state index is 12.0. The van der Waals surface area contributed by atoms with Crippen molar-refractivity contribution in [3.63, 3.8) is 0 Å². The second-order valence-corrected chi connectivity index (χ2v) is 6.14. The molecule has 0 aliphatic rings. The Balaban J connectivity index is 2.52. The van der Waals surface area contributed by atoms with E-state index in [4.69, 9.17) is 0 Å². The van der Waals surface area contributed by atoms with Gasteiger partial charge < -0.3 is 5.32 Å². The molecule has 1 aromatic rings. The number of rotatable bonds is 3. The topological polar surface area (TPSA) is 29.1 Å². The van der Waals surface area contributed by atoms with Gasteiger partial charge in [-0.15, -0.1) is 11.3 Å². The predicted molar refractivity (Wildman–Crippen MR) is 64.6 cm³/mol. The number of amides is 1. The van der Waals surface area contributed by atoms with E-state index in [0.717, 1.165) is 2.88 Å². The number of nitrogens with one attached hydrogen (secondary N) is 1. The molecule has 1 N–H and O–H groups in total. The van der Waals surface area contributed by atoms with Crippen molar-refractivity contribution in [3.8, 4) is 0 Å². The SMILES string of the molecule is CC(CC(F)(F)F)NC(=O)c1csc(I)c1. The smallest absolute Gasteiger partial charge is 0.349 e. The Morgan fingerprint density at radius 2 is 2.25 bits per heavy atom. The summed E-state index contributed by atoms with van der Waals surface area (Å²) in [7, 11) is 0. The van der Waals surface area contributed by atoms with Crippen LogP contribution in [-0.4, -0.2) is 18.1 Å². The van der Waals surface area contributed by atoms with Crippen LogP contribution in [0.3, 0.4) is 0 Å². The van der Waals surface area contributed by atoms with E-state index in [1.807, 2.05) is 22.6 Å². The van der Waals surface area contributed by atoms with E-state index in [0.29, 0.717) is 5.56 Å². The van der Waals surface area contributed by atoms with E-state index < -0.39 is 24.5 Å². The summed E-state index contributed by atoms with van der Waals surface area (Å²) in [5.41, 5.74) is 0.406. The van der Waals surface area contributed by atoms with Gasteiger partial charge in [0.15, 0.2) is 0 Å². The molecule has 0 saturated heterocycles. The van der Waals surface area contributed by atoms with Gasteiger partial charge in [0.2, 0.25) is 0 Å². The number of hydrogen-bond donors (Lipinski definition) is 1. The highest BCUT2D eigenvalue weighted by atomic mass is 127. The highest BCUT2D eigenvalue weighted by Crippen LogP contribution is 2.22. The van der Waals surface area contributed by atoms with Crippen LogP contribution in [0.15, 0.2) is 11.4 Å². The van der Waals surface area contributed by atoms with Crippen molar-refractivity contribution in [2.45, 2.75) is 25.6 Å². The van der Waals surface area contributed by atoms with Crippen molar-refractivity contribution in [2.24, 2.45) is 0 Å². The summed E-state index contributed by atoms with van der Waals surface area (Å²) in [6.07, 6.45) is -5.27. The highest BCUT2D eigenvalue weighted by Gasteiger charge is 2.30. The molecule has 0 aliphatic carbocycles. The Morgan fingerprint density at radius 1 is 1.62 bits per heavy atom. The largest absolute Gasteiger partial charge is 0.391 e. The molecule has 1 rings (SSSR count). The molecule has 0 aromatic carbocycles. The van der Waals surface area contributed by atoms with E-state index in [1.54, 1.807) is 11.4 Å². The van der Waals surface area contributed by atoms with Crippen molar-refractivity contribution in [3.05, 3.63) is 19.9 Å². The second kappa shape index (κ2) is 5.35. The molecule has 1 amide bonds. The average molecular weight is 363 g/mol. The molecule has 0 aliphatic heterocycles. The van der Waals surface area contributed by atoms with Crippen molar-refractivity contribution in [1.29, 1.82) is 0 Å². The van der Waals surface area contributed by atoms with Crippen LogP contribution in [0.2, 0.25) is 0 Å². The maximum absolute atomic E-state index is 12.0. The Bertz CT molecular complexity index is 377. The number of alkyl halides is 3. The van der Waals surface area contributed by atoms with E-state index in [2.05, 4.69) is 5.32 Å². The monoisotopic (exact) mass is 363 g/mol. The van der Waals surface area contributed by atoms with Crippen molar-refractivity contribution >= 4 is 39.8 Å². The van der Waals surface area contributed by atoms with Crippen molar-refractivity contribution in [2.75, 3.05) is 0 Å². The number of hydrogen-bond acceptors (Lipinski definition) is 2. The number of halogens is 4. The van der Waals surface area contributed by atoms with Crippen LogP contribution in [0.5, 0.6) is 0 Å². The van der Waals surface area contributed by atoms with Crippen LogP contribution in [0.25, 0.3) is 0 Å². The zero-order chi connectivity index (χ0) is 12.3. The van der Waals surface area contributed by atoms with Gasteiger partial charge in [-0.05, 0) is 35.6 Å². The minimum atomic E-state index is -4.25. The first kappa shape index (κ1) is 13.8. The molecule has 0 bridgehead atoms. The highest BCUT2D eigenvalue weighted by molar-refractivity contribution is 14.1. The summed E-state index contributed by atoms with van der Waals surface area (Å²) in [6.45, 7) is 1.34. The molecule has 1 heterocycles. The van der Waals surface area contributed by atoms with Gasteiger partial charge in [0.1, 0.15) is 0 Å². The fourth-order valence-corrected chi connectivity index (χ4v) is 2.46. The molecule has 0 spiro atoms. The van der Waals surface area contributed by atoms with Crippen LogP contribution in [-0.2, 0) is 0 Å². The lowest BCUT2D eigenvalue weighted by Crippen LogP contribution is -2.35. The fraction of sp³-hybridized carbons (Fsp3) is 0.444. The zero-order valence-corrected chi connectivity index (χ0v) is 11.2. The lowest BCUT2D eigenvalue weighted by Gasteiger charge is -2.15. The summed E-state index contributed by atoms with van der Waals surface area (Å²) < 4.78 is 37.0. The summed E-state index contributed by atoms with van der Waals surface area (Å²) in [6, 6.07) is 0.728. The number of carbonyl (C=O) groups is 1. The molecular formula is C9H9F3INOS. The van der Waals surface area contributed by atoms with Gasteiger partial charge in [0.05, 0.1) is 14.9 Å². The molecule has 90 valence electrons. The van der Waals surface area contributed by atoms with Crippen LogP contribution < -0.4 is 5.32 Å². The van der Waals surface area contributed by atoms with Crippen LogP contribution in [0.1, 0.15) is 23.7 Å². The van der Waals surface area contributed by atoms with Crippen LogP contribution in [0, 0.1) is 2.88 Å². The minimum Gasteiger partial charge on any atom is -0.349 e. The number of thiophene rings is 1. The summed E-state index contributed by atoms with van der Waals surface area (Å²) >= 11 is 3.42. The first-order valence-corrected chi connectivity index (χ1v) is 6.35. The Morgan fingerprint density at radius 3 is 2.69 bits per heavy atom. The van der Waals surface area contributed by atoms with Crippen LogP contribution in [0.4, 0.5) is 13.2 Å². The molecule has 7 heteroatoms. The first-order valence-electron chi connectivity index (χ1n) is 4.39. The Kier molecular flexibility index (Phi) is 4.60. The molecular weight excluding hydrogens is 354 g/mol.